The summed E-state index contributed by atoms with van der Waals surface area (Å²) in [7, 11) is 1.94. The number of imidazole rings is 1. The van der Waals surface area contributed by atoms with Crippen molar-refractivity contribution in [1.82, 2.24) is 9.55 Å². The van der Waals surface area contributed by atoms with Crippen molar-refractivity contribution in [3.63, 3.8) is 0 Å². The molecule has 1 amide bonds. The van der Waals surface area contributed by atoms with Crippen molar-refractivity contribution in [3.05, 3.63) is 77.1 Å². The van der Waals surface area contributed by atoms with E-state index < -0.39 is 0 Å². The Balaban J connectivity index is 1.72. The van der Waals surface area contributed by atoms with Gasteiger partial charge < -0.3 is 9.47 Å². The van der Waals surface area contributed by atoms with Crippen LogP contribution in [-0.2, 0) is 17.3 Å². The van der Waals surface area contributed by atoms with Crippen LogP contribution in [0.15, 0.2) is 66.1 Å². The van der Waals surface area contributed by atoms with Crippen molar-refractivity contribution in [2.45, 2.75) is 43.3 Å². The van der Waals surface area contributed by atoms with Crippen molar-refractivity contribution in [2.24, 2.45) is 7.05 Å². The summed E-state index contributed by atoms with van der Waals surface area (Å²) in [5.74, 6) is 0.443. The fourth-order valence-corrected chi connectivity index (χ4v) is 5.64. The summed E-state index contributed by atoms with van der Waals surface area (Å²) >= 11 is 7.62. The molecule has 0 saturated heterocycles. The lowest BCUT2D eigenvalue weighted by Gasteiger charge is -2.51. The minimum Gasteiger partial charge on any atom is -0.329 e. The van der Waals surface area contributed by atoms with E-state index in [-0.39, 0.29) is 16.9 Å². The first-order valence-corrected chi connectivity index (χ1v) is 11.4. The second kappa shape index (κ2) is 7.78. The normalized spacial score (nSPS) is 20.1. The van der Waals surface area contributed by atoms with E-state index in [1.807, 2.05) is 40.9 Å². The molecule has 0 spiro atoms. The smallest absolute Gasteiger partial charge is 0.237 e. The SMILES string of the molecule is Cn1ccnc1SCC(=O)N1c2ccccc2[C@@](C)(c2ccc(Cl)cc2)CC1(C)C. The molecule has 0 N–H and O–H groups in total. The van der Waals surface area contributed by atoms with Gasteiger partial charge in [-0.3, -0.25) is 4.79 Å². The van der Waals surface area contributed by atoms with E-state index in [9.17, 15) is 4.79 Å². The zero-order valence-electron chi connectivity index (χ0n) is 17.7. The zero-order valence-corrected chi connectivity index (χ0v) is 19.3. The van der Waals surface area contributed by atoms with Crippen LogP contribution in [0.1, 0.15) is 38.3 Å². The molecule has 2 aromatic carbocycles. The predicted molar refractivity (Wildman–Crippen MR) is 124 cm³/mol. The van der Waals surface area contributed by atoms with E-state index >= 15 is 0 Å². The maximum absolute atomic E-state index is 13.4. The number of halogens is 1. The number of hydrogen-bond acceptors (Lipinski definition) is 3. The van der Waals surface area contributed by atoms with E-state index in [0.29, 0.717) is 5.75 Å². The van der Waals surface area contributed by atoms with Gasteiger partial charge in [-0.2, -0.15) is 0 Å². The van der Waals surface area contributed by atoms with Crippen LogP contribution in [0.3, 0.4) is 0 Å². The molecular weight excluding hydrogens is 414 g/mol. The molecule has 156 valence electrons. The minimum atomic E-state index is -0.345. The van der Waals surface area contributed by atoms with E-state index in [2.05, 4.69) is 56.1 Å². The summed E-state index contributed by atoms with van der Waals surface area (Å²) in [4.78, 5) is 19.7. The van der Waals surface area contributed by atoms with Gasteiger partial charge in [0.15, 0.2) is 5.16 Å². The zero-order chi connectivity index (χ0) is 21.5. The highest BCUT2D eigenvalue weighted by molar-refractivity contribution is 7.99. The Kier molecular flexibility index (Phi) is 5.45. The molecule has 0 saturated carbocycles. The van der Waals surface area contributed by atoms with Gasteiger partial charge in [-0.15, -0.1) is 0 Å². The van der Waals surface area contributed by atoms with Crippen molar-refractivity contribution >= 4 is 35.0 Å². The Morgan fingerprint density at radius 2 is 1.83 bits per heavy atom. The average molecular weight is 440 g/mol. The van der Waals surface area contributed by atoms with Gasteiger partial charge in [0, 0.05) is 41.1 Å². The first kappa shape index (κ1) is 21.0. The number of benzene rings is 2. The lowest BCUT2D eigenvalue weighted by atomic mass is 9.65. The number of aromatic nitrogens is 2. The number of carbonyl (C=O) groups is 1. The molecule has 0 radical (unpaired) electrons. The summed E-state index contributed by atoms with van der Waals surface area (Å²) in [6, 6.07) is 16.4. The Labute approximate surface area is 187 Å². The molecule has 1 aliphatic heterocycles. The highest BCUT2D eigenvalue weighted by Crippen LogP contribution is 2.50. The Hall–Kier alpha value is -2.24. The molecule has 1 aliphatic rings. The molecule has 0 bridgehead atoms. The van der Waals surface area contributed by atoms with E-state index in [1.165, 1.54) is 22.9 Å². The van der Waals surface area contributed by atoms with Crippen LogP contribution in [0, 0.1) is 0 Å². The molecule has 0 unspecified atom stereocenters. The summed E-state index contributed by atoms with van der Waals surface area (Å²) in [5, 5.41) is 1.58. The second-order valence-corrected chi connectivity index (χ2v) is 10.1. The lowest BCUT2D eigenvalue weighted by molar-refractivity contribution is -0.117. The number of thioether (sulfide) groups is 1. The van der Waals surface area contributed by atoms with Gasteiger partial charge in [0.1, 0.15) is 0 Å². The van der Waals surface area contributed by atoms with Gasteiger partial charge in [0.25, 0.3) is 0 Å². The standard InChI is InChI=1S/C24H26ClN3OS/c1-23(2)16-24(3,17-9-11-18(25)12-10-17)19-7-5-6-8-20(19)28(23)21(29)15-30-22-26-13-14-27(22)4/h5-14H,15-16H2,1-4H3/t24-/m1/s1. The van der Waals surface area contributed by atoms with Crippen LogP contribution in [0.4, 0.5) is 5.69 Å². The number of carbonyl (C=O) groups excluding carboxylic acids is 1. The van der Waals surface area contributed by atoms with E-state index in [0.717, 1.165) is 22.3 Å². The van der Waals surface area contributed by atoms with Crippen LogP contribution in [0.5, 0.6) is 0 Å². The number of nitrogens with zero attached hydrogens (tertiary/aromatic N) is 3. The minimum absolute atomic E-state index is 0.0959. The number of fused-ring (bicyclic) bond motifs is 1. The average Bonchev–Trinajstić information content (AvgIpc) is 3.11. The van der Waals surface area contributed by atoms with Gasteiger partial charge in [0.2, 0.25) is 5.91 Å². The van der Waals surface area contributed by atoms with Crippen LogP contribution < -0.4 is 4.90 Å². The quantitative estimate of drug-likeness (QED) is 0.490. The summed E-state index contributed by atoms with van der Waals surface area (Å²) in [6.07, 6.45) is 4.46. The molecule has 30 heavy (non-hydrogen) atoms. The van der Waals surface area contributed by atoms with Gasteiger partial charge in [-0.05, 0) is 49.6 Å². The summed E-state index contributed by atoms with van der Waals surface area (Å²) < 4.78 is 1.94. The van der Waals surface area contributed by atoms with Crippen molar-refractivity contribution in [1.29, 1.82) is 0 Å². The highest BCUT2D eigenvalue weighted by Gasteiger charge is 2.47. The van der Waals surface area contributed by atoms with Crippen molar-refractivity contribution in [3.8, 4) is 0 Å². The third kappa shape index (κ3) is 3.65. The monoisotopic (exact) mass is 439 g/mol. The third-order valence-corrected chi connectivity index (χ3v) is 7.26. The van der Waals surface area contributed by atoms with Gasteiger partial charge in [0.05, 0.1) is 5.75 Å². The van der Waals surface area contributed by atoms with Gasteiger partial charge in [-0.1, -0.05) is 60.6 Å². The molecule has 1 atom stereocenters. The molecule has 2 heterocycles. The third-order valence-electron chi connectivity index (χ3n) is 5.96. The number of anilines is 1. The number of aryl methyl sites for hydroxylation is 1. The Bertz CT molecular complexity index is 1080. The first-order valence-electron chi connectivity index (χ1n) is 10.0. The van der Waals surface area contributed by atoms with Gasteiger partial charge >= 0.3 is 0 Å². The number of rotatable bonds is 4. The molecule has 4 rings (SSSR count). The van der Waals surface area contributed by atoms with Crippen LogP contribution in [0.25, 0.3) is 0 Å². The van der Waals surface area contributed by atoms with E-state index in [1.54, 1.807) is 6.20 Å². The number of amides is 1. The molecule has 3 aromatic rings. The van der Waals surface area contributed by atoms with Crippen molar-refractivity contribution < 1.29 is 4.79 Å². The molecule has 1 aromatic heterocycles. The van der Waals surface area contributed by atoms with E-state index in [4.69, 9.17) is 11.6 Å². The molecule has 4 nitrogen and oxygen atoms in total. The van der Waals surface area contributed by atoms with Crippen LogP contribution >= 0.6 is 23.4 Å². The number of hydrogen-bond donors (Lipinski definition) is 0. The maximum atomic E-state index is 13.4. The molecular formula is C24H26ClN3OS. The molecule has 0 aliphatic carbocycles. The lowest BCUT2D eigenvalue weighted by Crippen LogP contribution is -2.56. The molecule has 0 fully saturated rings. The topological polar surface area (TPSA) is 38.1 Å². The molecule has 6 heteroatoms. The summed E-state index contributed by atoms with van der Waals surface area (Å²) in [6.45, 7) is 6.57. The fraction of sp³-hybridized carbons (Fsp3) is 0.333. The van der Waals surface area contributed by atoms with Crippen LogP contribution in [-0.4, -0.2) is 26.8 Å². The largest absolute Gasteiger partial charge is 0.329 e. The van der Waals surface area contributed by atoms with Crippen molar-refractivity contribution in [2.75, 3.05) is 10.7 Å². The Morgan fingerprint density at radius 1 is 1.13 bits per heavy atom. The second-order valence-electron chi connectivity index (χ2n) is 8.68. The highest BCUT2D eigenvalue weighted by atomic mass is 35.5. The van der Waals surface area contributed by atoms with Gasteiger partial charge in [-0.25, -0.2) is 4.98 Å². The first-order chi connectivity index (χ1) is 14.2. The summed E-state index contributed by atoms with van der Waals surface area (Å²) in [5.41, 5.74) is 2.80. The fourth-order valence-electron chi connectivity index (χ4n) is 4.73. The Morgan fingerprint density at radius 3 is 2.50 bits per heavy atom. The maximum Gasteiger partial charge on any atom is 0.237 e. The predicted octanol–water partition coefficient (Wildman–Crippen LogP) is 5.69. The number of para-hydroxylation sites is 1. The van der Waals surface area contributed by atoms with Crippen LogP contribution in [0.2, 0.25) is 5.02 Å².